The Kier molecular flexibility index (Phi) is 5.74. The first kappa shape index (κ1) is 22.3. The molecule has 0 aliphatic heterocycles. The SMILES string of the molecule is C=C/C=C(/c1ccc(F)cc1)c1cc(-c2n[nH]c3ccc(-c4cncc(N(C)C)c4)nc23)[nH]c1C. The summed E-state index contributed by atoms with van der Waals surface area (Å²) in [5, 5.41) is 7.65. The number of halogens is 1. The van der Waals surface area contributed by atoms with Gasteiger partial charge in [-0.05, 0) is 54.5 Å². The summed E-state index contributed by atoms with van der Waals surface area (Å²) in [5.41, 5.74) is 9.73. The Morgan fingerprint density at radius 2 is 1.86 bits per heavy atom. The van der Waals surface area contributed by atoms with Crippen LogP contribution in [0.4, 0.5) is 10.1 Å². The van der Waals surface area contributed by atoms with Crippen LogP contribution in [0.5, 0.6) is 0 Å². The average molecular weight is 465 g/mol. The monoisotopic (exact) mass is 464 g/mol. The molecular weight excluding hydrogens is 439 g/mol. The Labute approximate surface area is 202 Å². The predicted molar refractivity (Wildman–Crippen MR) is 140 cm³/mol. The van der Waals surface area contributed by atoms with E-state index in [4.69, 9.17) is 4.98 Å². The largest absolute Gasteiger partial charge is 0.376 e. The van der Waals surface area contributed by atoms with Crippen LogP contribution in [0.1, 0.15) is 16.8 Å². The minimum Gasteiger partial charge on any atom is -0.376 e. The molecule has 0 fully saturated rings. The molecule has 4 aromatic heterocycles. The van der Waals surface area contributed by atoms with Crippen LogP contribution in [0, 0.1) is 12.7 Å². The molecule has 6 nitrogen and oxygen atoms in total. The molecule has 0 amide bonds. The van der Waals surface area contributed by atoms with E-state index >= 15 is 0 Å². The lowest BCUT2D eigenvalue weighted by molar-refractivity contribution is 0.627. The van der Waals surface area contributed by atoms with Gasteiger partial charge in [0.05, 0.1) is 28.8 Å². The molecule has 0 unspecified atom stereocenters. The standard InChI is InChI=1S/C28H25FN6/c1-5-6-22(18-7-9-20(29)10-8-18)23-14-26(31-17(23)2)28-27-25(33-34-28)12-11-24(32-27)19-13-21(35(3)4)16-30-15-19/h5-16,31H,1H2,2-4H3,(H,33,34)/b22-6-. The van der Waals surface area contributed by atoms with Gasteiger partial charge in [0.15, 0.2) is 0 Å². The molecule has 5 rings (SSSR count). The van der Waals surface area contributed by atoms with Gasteiger partial charge in [0.2, 0.25) is 0 Å². The fraction of sp³-hybridized carbons (Fsp3) is 0.107. The molecule has 0 aliphatic rings. The summed E-state index contributed by atoms with van der Waals surface area (Å²) in [6.45, 7) is 5.86. The lowest BCUT2D eigenvalue weighted by Gasteiger charge is -2.12. The summed E-state index contributed by atoms with van der Waals surface area (Å²) in [4.78, 5) is 14.8. The third-order valence-electron chi connectivity index (χ3n) is 5.94. The van der Waals surface area contributed by atoms with E-state index in [2.05, 4.69) is 32.8 Å². The van der Waals surface area contributed by atoms with Crippen LogP contribution in [0.25, 0.3) is 39.3 Å². The van der Waals surface area contributed by atoms with Crippen LogP contribution >= 0.6 is 0 Å². The van der Waals surface area contributed by atoms with E-state index in [1.54, 1.807) is 18.2 Å². The van der Waals surface area contributed by atoms with Gasteiger partial charge < -0.3 is 9.88 Å². The summed E-state index contributed by atoms with van der Waals surface area (Å²) < 4.78 is 13.5. The normalized spacial score (nSPS) is 11.7. The maximum atomic E-state index is 13.5. The van der Waals surface area contributed by atoms with E-state index in [1.165, 1.54) is 12.1 Å². The Balaban J connectivity index is 1.59. The zero-order valence-electron chi connectivity index (χ0n) is 19.8. The number of aryl methyl sites for hydroxylation is 1. The molecule has 2 N–H and O–H groups in total. The summed E-state index contributed by atoms with van der Waals surface area (Å²) >= 11 is 0. The smallest absolute Gasteiger partial charge is 0.135 e. The van der Waals surface area contributed by atoms with E-state index in [0.29, 0.717) is 0 Å². The van der Waals surface area contributed by atoms with Gasteiger partial charge in [0.1, 0.15) is 17.0 Å². The van der Waals surface area contributed by atoms with Crippen molar-refractivity contribution in [3.63, 3.8) is 0 Å². The number of nitrogens with one attached hydrogen (secondary N) is 2. The third kappa shape index (κ3) is 4.24. The number of pyridine rings is 2. The molecule has 0 spiro atoms. The highest BCUT2D eigenvalue weighted by atomic mass is 19.1. The topological polar surface area (TPSA) is 73.5 Å². The van der Waals surface area contributed by atoms with Gasteiger partial charge >= 0.3 is 0 Å². The fourth-order valence-corrected chi connectivity index (χ4v) is 4.11. The Hall–Kier alpha value is -4.52. The van der Waals surface area contributed by atoms with E-state index in [-0.39, 0.29) is 5.82 Å². The number of fused-ring (bicyclic) bond motifs is 1. The van der Waals surface area contributed by atoms with E-state index < -0.39 is 0 Å². The number of nitrogens with zero attached hydrogens (tertiary/aromatic N) is 4. The molecular formula is C28H25FN6. The summed E-state index contributed by atoms with van der Waals surface area (Å²) in [5.74, 6) is -0.269. The van der Waals surface area contributed by atoms with Crippen LogP contribution in [-0.2, 0) is 0 Å². The van der Waals surface area contributed by atoms with Gasteiger partial charge in [-0.1, -0.05) is 30.9 Å². The molecule has 0 saturated heterocycles. The first-order chi connectivity index (χ1) is 16.9. The highest BCUT2D eigenvalue weighted by molar-refractivity contribution is 5.92. The van der Waals surface area contributed by atoms with Gasteiger partial charge in [0.25, 0.3) is 0 Å². The highest BCUT2D eigenvalue weighted by Crippen LogP contribution is 2.33. The van der Waals surface area contributed by atoms with Crippen molar-refractivity contribution in [1.29, 1.82) is 0 Å². The lowest BCUT2D eigenvalue weighted by Crippen LogP contribution is -2.08. The molecule has 174 valence electrons. The first-order valence-electron chi connectivity index (χ1n) is 11.2. The Bertz CT molecular complexity index is 1560. The van der Waals surface area contributed by atoms with Gasteiger partial charge in [-0.2, -0.15) is 5.10 Å². The second-order valence-corrected chi connectivity index (χ2v) is 8.54. The van der Waals surface area contributed by atoms with Crippen molar-refractivity contribution in [2.45, 2.75) is 6.92 Å². The minimum absolute atomic E-state index is 0.269. The summed E-state index contributed by atoms with van der Waals surface area (Å²) in [6.07, 6.45) is 7.30. The van der Waals surface area contributed by atoms with E-state index in [0.717, 1.165) is 61.8 Å². The number of benzene rings is 1. The second-order valence-electron chi connectivity index (χ2n) is 8.54. The fourth-order valence-electron chi connectivity index (χ4n) is 4.11. The molecule has 0 bridgehead atoms. The van der Waals surface area contributed by atoms with Crippen molar-refractivity contribution in [3.8, 4) is 22.6 Å². The van der Waals surface area contributed by atoms with Crippen LogP contribution in [0.15, 0.2) is 79.7 Å². The predicted octanol–water partition coefficient (Wildman–Crippen LogP) is 6.15. The number of rotatable bonds is 6. The number of H-pyrrole nitrogens is 2. The van der Waals surface area contributed by atoms with Crippen molar-refractivity contribution >= 4 is 22.3 Å². The van der Waals surface area contributed by atoms with Crippen LogP contribution < -0.4 is 4.90 Å². The molecule has 35 heavy (non-hydrogen) atoms. The van der Waals surface area contributed by atoms with Crippen LogP contribution in [0.2, 0.25) is 0 Å². The molecule has 0 atom stereocenters. The molecule has 7 heteroatoms. The highest BCUT2D eigenvalue weighted by Gasteiger charge is 2.17. The van der Waals surface area contributed by atoms with Gasteiger partial charge in [0, 0.05) is 37.1 Å². The molecule has 0 aliphatic carbocycles. The Morgan fingerprint density at radius 3 is 2.60 bits per heavy atom. The van der Waals surface area contributed by atoms with Crippen molar-refractivity contribution in [1.82, 2.24) is 25.1 Å². The van der Waals surface area contributed by atoms with Gasteiger partial charge in [-0.25, -0.2) is 9.37 Å². The molecule has 4 heterocycles. The van der Waals surface area contributed by atoms with Gasteiger partial charge in [-0.15, -0.1) is 0 Å². The molecule has 0 saturated carbocycles. The average Bonchev–Trinajstić information content (AvgIpc) is 3.46. The number of hydrogen-bond acceptors (Lipinski definition) is 4. The van der Waals surface area contributed by atoms with Crippen LogP contribution in [-0.4, -0.2) is 39.2 Å². The van der Waals surface area contributed by atoms with Crippen molar-refractivity contribution in [2.24, 2.45) is 0 Å². The zero-order chi connectivity index (χ0) is 24.5. The first-order valence-corrected chi connectivity index (χ1v) is 11.2. The maximum Gasteiger partial charge on any atom is 0.135 e. The third-order valence-corrected chi connectivity index (χ3v) is 5.94. The number of aromatic amines is 2. The van der Waals surface area contributed by atoms with E-state index in [9.17, 15) is 4.39 Å². The molecule has 0 radical (unpaired) electrons. The van der Waals surface area contributed by atoms with Crippen LogP contribution in [0.3, 0.4) is 0 Å². The zero-order valence-corrected chi connectivity index (χ0v) is 19.8. The van der Waals surface area contributed by atoms with Crippen molar-refractivity contribution in [3.05, 3.63) is 102 Å². The van der Waals surface area contributed by atoms with Crippen molar-refractivity contribution < 1.29 is 4.39 Å². The molecule has 1 aromatic carbocycles. The number of aromatic nitrogens is 5. The molecule has 5 aromatic rings. The minimum atomic E-state index is -0.269. The Morgan fingerprint density at radius 1 is 1.06 bits per heavy atom. The summed E-state index contributed by atoms with van der Waals surface area (Å²) in [7, 11) is 3.97. The van der Waals surface area contributed by atoms with Gasteiger partial charge in [-0.3, -0.25) is 10.1 Å². The quantitative estimate of drug-likeness (QED) is 0.296. The second kappa shape index (κ2) is 9.02. The number of allylic oxidation sites excluding steroid dienone is 2. The number of hydrogen-bond donors (Lipinski definition) is 2. The van der Waals surface area contributed by atoms with Crippen molar-refractivity contribution in [2.75, 3.05) is 19.0 Å². The number of anilines is 1. The summed E-state index contributed by atoms with van der Waals surface area (Å²) in [6, 6.07) is 14.5. The van der Waals surface area contributed by atoms with E-state index in [1.807, 2.05) is 62.6 Å². The maximum absolute atomic E-state index is 13.5. The lowest BCUT2D eigenvalue weighted by atomic mass is 9.97.